The second kappa shape index (κ2) is 12.1. The van der Waals surface area contributed by atoms with Crippen LogP contribution in [0.3, 0.4) is 0 Å². The fourth-order valence-corrected chi connectivity index (χ4v) is 5.60. The first-order chi connectivity index (χ1) is 20.8. The summed E-state index contributed by atoms with van der Waals surface area (Å²) in [7, 11) is 1.61. The van der Waals surface area contributed by atoms with Gasteiger partial charge in [0.15, 0.2) is 5.52 Å². The van der Waals surface area contributed by atoms with Crippen molar-refractivity contribution < 1.29 is 31.9 Å². The Labute approximate surface area is 248 Å². The first kappa shape index (κ1) is 31.3. The topological polar surface area (TPSA) is 119 Å². The molecule has 0 radical (unpaired) electrons. The molecule has 0 aliphatic carbocycles. The fourth-order valence-electron chi connectivity index (χ4n) is 5.60. The third kappa shape index (κ3) is 6.36. The van der Waals surface area contributed by atoms with Crippen molar-refractivity contribution in [3.63, 3.8) is 0 Å². The molecule has 5 rings (SSSR count). The average Bonchev–Trinajstić information content (AvgIpc) is 3.33. The van der Waals surface area contributed by atoms with Crippen LogP contribution in [0.2, 0.25) is 0 Å². The van der Waals surface area contributed by atoms with E-state index in [0.717, 1.165) is 0 Å². The number of nitrogens with two attached hydrogens (primary N) is 1. The minimum absolute atomic E-state index is 0.00904. The maximum Gasteiger partial charge on any atom is 0.396 e. The molecule has 2 atom stereocenters. The number of aromatic nitrogens is 4. The van der Waals surface area contributed by atoms with Gasteiger partial charge in [0.25, 0.3) is 12.0 Å². The molecule has 234 valence electrons. The van der Waals surface area contributed by atoms with Crippen LogP contribution in [0.15, 0.2) is 65.7 Å². The number of alkyl halides is 5. The number of benzene rings is 2. The largest absolute Gasteiger partial charge is 0.396 e. The number of carbonyl (C=O) groups excluding carboxylic acids is 1. The lowest BCUT2D eigenvalue weighted by atomic mass is 9.90. The zero-order valence-corrected chi connectivity index (χ0v) is 23.7. The third-order valence-electron chi connectivity index (χ3n) is 8.14. The van der Waals surface area contributed by atoms with Crippen LogP contribution in [-0.2, 0) is 18.4 Å². The van der Waals surface area contributed by atoms with Crippen LogP contribution in [0.1, 0.15) is 42.3 Å². The van der Waals surface area contributed by atoms with Gasteiger partial charge in [-0.3, -0.25) is 18.8 Å². The number of carbonyl (C=O) groups is 1. The molecule has 1 unspecified atom stereocenters. The van der Waals surface area contributed by atoms with Crippen LogP contribution in [-0.4, -0.2) is 66.5 Å². The average molecular weight is 619 g/mol. The molecule has 0 saturated carbocycles. The van der Waals surface area contributed by atoms with E-state index in [9.17, 15) is 36.6 Å². The maximum absolute atomic E-state index is 13.8. The highest BCUT2D eigenvalue weighted by molar-refractivity contribution is 5.89. The molecule has 44 heavy (non-hydrogen) atoms. The minimum Gasteiger partial charge on any atom is -0.388 e. The number of amides is 1. The summed E-state index contributed by atoms with van der Waals surface area (Å²) in [6, 6.07) is 12.0. The van der Waals surface area contributed by atoms with Gasteiger partial charge < -0.3 is 15.7 Å². The van der Waals surface area contributed by atoms with E-state index < -0.39 is 48.0 Å². The molecule has 2 aromatic heterocycles. The number of hydrogen-bond donors (Lipinski definition) is 2. The summed E-state index contributed by atoms with van der Waals surface area (Å²) >= 11 is 0. The monoisotopic (exact) mass is 618 g/mol. The molecule has 0 bridgehead atoms. The standard InChI is InChI=1S/C30H31F5N6O3/c1-39-26(20-9-7-19(8-10-20)23(36)27(31)32)24-25(38-39)28(43)41(17-37-24)16-29(44)11-13-40(14-12-29)22(42)15-21(30(33,34)35)18-5-3-2-4-6-18/h2-10,17,21,23,27,44H,11-16,36H2,1H3/t21?,23-/m0/s1. The van der Waals surface area contributed by atoms with Crippen molar-refractivity contribution in [3.05, 3.63) is 82.4 Å². The van der Waals surface area contributed by atoms with Crippen LogP contribution in [0.25, 0.3) is 22.3 Å². The highest BCUT2D eigenvalue weighted by Crippen LogP contribution is 2.38. The Bertz CT molecular complexity index is 1680. The predicted octanol–water partition coefficient (Wildman–Crippen LogP) is 4.15. The van der Waals surface area contributed by atoms with Crippen molar-refractivity contribution in [1.29, 1.82) is 0 Å². The Morgan fingerprint density at radius 3 is 2.25 bits per heavy atom. The summed E-state index contributed by atoms with van der Waals surface area (Å²) < 4.78 is 69.9. The van der Waals surface area contributed by atoms with Crippen molar-refractivity contribution in [2.45, 2.75) is 56.0 Å². The third-order valence-corrected chi connectivity index (χ3v) is 8.14. The number of piperidine rings is 1. The molecule has 0 spiro atoms. The van der Waals surface area contributed by atoms with Gasteiger partial charge in [-0.1, -0.05) is 54.6 Å². The number of fused-ring (bicyclic) bond motifs is 1. The molecule has 2 aromatic carbocycles. The van der Waals surface area contributed by atoms with E-state index in [1.807, 2.05) is 0 Å². The Hall–Kier alpha value is -4.17. The predicted molar refractivity (Wildman–Crippen MR) is 152 cm³/mol. The number of likely N-dealkylation sites (tertiary alicyclic amines) is 1. The summed E-state index contributed by atoms with van der Waals surface area (Å²) in [6.45, 7) is -0.103. The lowest BCUT2D eigenvalue weighted by molar-refractivity contribution is -0.162. The van der Waals surface area contributed by atoms with Crippen molar-refractivity contribution in [1.82, 2.24) is 24.2 Å². The molecule has 1 aliphatic rings. The molecule has 9 nitrogen and oxygen atoms in total. The minimum atomic E-state index is -4.60. The van der Waals surface area contributed by atoms with Gasteiger partial charge in [-0.2, -0.15) is 18.3 Å². The summed E-state index contributed by atoms with van der Waals surface area (Å²) in [6.07, 6.45) is -6.69. The quantitative estimate of drug-likeness (QED) is 0.287. The molecule has 14 heteroatoms. The zero-order valence-electron chi connectivity index (χ0n) is 23.7. The van der Waals surface area contributed by atoms with E-state index in [1.165, 1.54) is 56.9 Å². The van der Waals surface area contributed by atoms with Gasteiger partial charge in [-0.15, -0.1) is 0 Å². The highest BCUT2D eigenvalue weighted by Gasteiger charge is 2.43. The fraction of sp³-hybridized carbons (Fsp3) is 0.400. The van der Waals surface area contributed by atoms with Gasteiger partial charge in [0.1, 0.15) is 5.52 Å². The molecule has 3 heterocycles. The van der Waals surface area contributed by atoms with Crippen LogP contribution >= 0.6 is 0 Å². The zero-order chi connectivity index (χ0) is 31.8. The van der Waals surface area contributed by atoms with Gasteiger partial charge in [0, 0.05) is 32.1 Å². The van der Waals surface area contributed by atoms with Crippen molar-refractivity contribution in [3.8, 4) is 11.3 Å². The van der Waals surface area contributed by atoms with Gasteiger partial charge in [0.2, 0.25) is 5.91 Å². The summed E-state index contributed by atoms with van der Waals surface area (Å²) in [4.78, 5) is 31.9. The molecular formula is C30H31F5N6O3. The van der Waals surface area contributed by atoms with Crippen molar-refractivity contribution in [2.24, 2.45) is 12.8 Å². The smallest absolute Gasteiger partial charge is 0.388 e. The lowest BCUT2D eigenvalue weighted by Crippen LogP contribution is -2.50. The van der Waals surface area contributed by atoms with Gasteiger partial charge in [-0.25, -0.2) is 13.8 Å². The van der Waals surface area contributed by atoms with Crippen LogP contribution in [0.5, 0.6) is 0 Å². The molecule has 1 aliphatic heterocycles. The molecule has 1 fully saturated rings. The number of aliphatic hydroxyl groups is 1. The van der Waals surface area contributed by atoms with Gasteiger partial charge in [0.05, 0.1) is 36.1 Å². The Kier molecular flexibility index (Phi) is 8.58. The molecule has 1 saturated heterocycles. The molecule has 4 aromatic rings. The Balaban J connectivity index is 1.28. The van der Waals surface area contributed by atoms with Crippen LogP contribution < -0.4 is 11.3 Å². The molecule has 1 amide bonds. The van der Waals surface area contributed by atoms with E-state index in [-0.39, 0.29) is 54.6 Å². The van der Waals surface area contributed by atoms with E-state index in [2.05, 4.69) is 10.1 Å². The second-order valence-corrected chi connectivity index (χ2v) is 11.1. The number of halogens is 5. The Morgan fingerprint density at radius 2 is 1.66 bits per heavy atom. The van der Waals surface area contributed by atoms with Crippen molar-refractivity contribution >= 4 is 16.9 Å². The summed E-state index contributed by atoms with van der Waals surface area (Å²) in [5.41, 5.74) is 5.25. The van der Waals surface area contributed by atoms with E-state index in [0.29, 0.717) is 11.3 Å². The molecule has 3 N–H and O–H groups in total. The van der Waals surface area contributed by atoms with Gasteiger partial charge >= 0.3 is 6.18 Å². The summed E-state index contributed by atoms with van der Waals surface area (Å²) in [5, 5.41) is 15.6. The number of nitrogens with zero attached hydrogens (tertiary/aromatic N) is 5. The van der Waals surface area contributed by atoms with E-state index >= 15 is 0 Å². The SMILES string of the molecule is Cn1nc2c(=O)n(CC3(O)CCN(C(=O)CC(c4ccccc4)C(F)(F)F)CC3)cnc2c1-c1ccc([C@H](N)C(F)F)cc1. The van der Waals surface area contributed by atoms with Gasteiger partial charge in [-0.05, 0) is 24.0 Å². The van der Waals surface area contributed by atoms with E-state index in [1.54, 1.807) is 25.2 Å². The number of aryl methyl sites for hydroxylation is 1. The lowest BCUT2D eigenvalue weighted by Gasteiger charge is -2.39. The van der Waals surface area contributed by atoms with Crippen LogP contribution in [0, 0.1) is 0 Å². The first-order valence-electron chi connectivity index (χ1n) is 14.0. The normalized spacial score (nSPS) is 16.8. The van der Waals surface area contributed by atoms with Crippen LogP contribution in [0.4, 0.5) is 22.0 Å². The number of hydrogen-bond acceptors (Lipinski definition) is 6. The van der Waals surface area contributed by atoms with E-state index in [4.69, 9.17) is 5.73 Å². The summed E-state index contributed by atoms with van der Waals surface area (Å²) in [5.74, 6) is -2.60. The Morgan fingerprint density at radius 1 is 1.02 bits per heavy atom. The highest BCUT2D eigenvalue weighted by atomic mass is 19.4. The molecular weight excluding hydrogens is 587 g/mol. The maximum atomic E-state index is 13.8. The first-order valence-corrected chi connectivity index (χ1v) is 14.0. The van der Waals surface area contributed by atoms with Crippen molar-refractivity contribution in [2.75, 3.05) is 13.1 Å². The second-order valence-electron chi connectivity index (χ2n) is 11.1. The number of rotatable bonds is 8.